The summed E-state index contributed by atoms with van der Waals surface area (Å²) in [5, 5.41) is 25.0. The number of hydrogen-bond acceptors (Lipinski definition) is 4. The monoisotopic (exact) mass is 293 g/mol. The van der Waals surface area contributed by atoms with Gasteiger partial charge in [0.25, 0.3) is 0 Å². The lowest BCUT2D eigenvalue weighted by Crippen LogP contribution is -2.11. The van der Waals surface area contributed by atoms with Crippen molar-refractivity contribution in [2.75, 3.05) is 0 Å². The van der Waals surface area contributed by atoms with Gasteiger partial charge in [-0.15, -0.1) is 5.10 Å². The number of rotatable bonds is 6. The van der Waals surface area contributed by atoms with Crippen LogP contribution in [0.2, 0.25) is 0 Å². The Morgan fingerprint density at radius 1 is 1.19 bits per heavy atom. The average Bonchev–Trinajstić information content (AvgIpc) is 2.82. The normalized spacial score (nSPS) is 10.5. The van der Waals surface area contributed by atoms with Crippen LogP contribution in [0.4, 0.5) is 4.39 Å². The largest absolute Gasteiger partial charge is 0.481 e. The third-order valence-electron chi connectivity index (χ3n) is 2.86. The first-order valence-corrected chi connectivity index (χ1v) is 6.09. The minimum atomic E-state index is -1.24. The van der Waals surface area contributed by atoms with Gasteiger partial charge in [-0.1, -0.05) is 17.3 Å². The first-order valence-electron chi connectivity index (χ1n) is 6.09. The standard InChI is InChI=1S/C13H12FN3O4/c14-9-3-1-8(2-4-9)7-10-12(13(20)21)15-16-17(10)6-5-11(18)19/h1-4H,5-7H2,(H,18,19)(H,20,21). The molecule has 2 rings (SSSR count). The number of carbonyl (C=O) groups is 2. The van der Waals surface area contributed by atoms with Gasteiger partial charge >= 0.3 is 11.9 Å². The minimum absolute atomic E-state index is 0.0200. The van der Waals surface area contributed by atoms with Crippen LogP contribution in [0.1, 0.15) is 28.2 Å². The molecule has 0 fully saturated rings. The van der Waals surface area contributed by atoms with Gasteiger partial charge in [0.1, 0.15) is 5.82 Å². The Morgan fingerprint density at radius 2 is 1.86 bits per heavy atom. The molecule has 0 atom stereocenters. The van der Waals surface area contributed by atoms with E-state index in [0.29, 0.717) is 5.56 Å². The van der Waals surface area contributed by atoms with Gasteiger partial charge in [-0.05, 0) is 17.7 Å². The highest BCUT2D eigenvalue weighted by molar-refractivity contribution is 5.86. The molecule has 1 aromatic heterocycles. The van der Waals surface area contributed by atoms with E-state index >= 15 is 0 Å². The SMILES string of the molecule is O=C(O)CCn1nnc(C(=O)O)c1Cc1ccc(F)cc1. The van der Waals surface area contributed by atoms with Crippen molar-refractivity contribution in [1.82, 2.24) is 15.0 Å². The Balaban J connectivity index is 2.29. The van der Waals surface area contributed by atoms with Gasteiger partial charge in [-0.2, -0.15) is 0 Å². The maximum Gasteiger partial charge on any atom is 0.358 e. The van der Waals surface area contributed by atoms with Crippen molar-refractivity contribution in [1.29, 1.82) is 0 Å². The molecule has 21 heavy (non-hydrogen) atoms. The summed E-state index contributed by atoms with van der Waals surface area (Å²) < 4.78 is 14.1. The second-order valence-electron chi connectivity index (χ2n) is 4.36. The molecule has 0 aliphatic carbocycles. The zero-order valence-electron chi connectivity index (χ0n) is 10.9. The summed E-state index contributed by atoms with van der Waals surface area (Å²) in [6.45, 7) is 0.0200. The summed E-state index contributed by atoms with van der Waals surface area (Å²) in [7, 11) is 0. The molecule has 1 aromatic carbocycles. The van der Waals surface area contributed by atoms with Crippen LogP contribution in [0.5, 0.6) is 0 Å². The zero-order chi connectivity index (χ0) is 15.4. The number of halogens is 1. The molecule has 2 aromatic rings. The lowest BCUT2D eigenvalue weighted by molar-refractivity contribution is -0.137. The van der Waals surface area contributed by atoms with Gasteiger partial charge in [-0.3, -0.25) is 4.79 Å². The van der Waals surface area contributed by atoms with E-state index in [0.717, 1.165) is 0 Å². The number of benzene rings is 1. The van der Waals surface area contributed by atoms with Crippen molar-refractivity contribution >= 4 is 11.9 Å². The molecule has 7 nitrogen and oxygen atoms in total. The zero-order valence-corrected chi connectivity index (χ0v) is 10.9. The number of aliphatic carboxylic acids is 1. The van der Waals surface area contributed by atoms with Crippen LogP contribution in [0.15, 0.2) is 24.3 Å². The number of aromatic nitrogens is 3. The van der Waals surface area contributed by atoms with Crippen LogP contribution in [-0.4, -0.2) is 37.1 Å². The summed E-state index contributed by atoms with van der Waals surface area (Å²) in [6, 6.07) is 5.58. The smallest absolute Gasteiger partial charge is 0.358 e. The highest BCUT2D eigenvalue weighted by atomic mass is 19.1. The average molecular weight is 293 g/mol. The second-order valence-corrected chi connectivity index (χ2v) is 4.36. The number of hydrogen-bond donors (Lipinski definition) is 2. The number of carboxylic acids is 2. The number of carboxylic acid groups (broad SMARTS) is 2. The molecule has 0 aliphatic rings. The number of aryl methyl sites for hydroxylation is 1. The summed E-state index contributed by atoms with van der Waals surface area (Å²) in [5.74, 6) is -2.65. The maximum atomic E-state index is 12.9. The summed E-state index contributed by atoms with van der Waals surface area (Å²) in [5.41, 5.74) is 0.734. The van der Waals surface area contributed by atoms with Crippen molar-refractivity contribution in [3.63, 3.8) is 0 Å². The molecule has 0 radical (unpaired) electrons. The summed E-state index contributed by atoms with van der Waals surface area (Å²) in [4.78, 5) is 21.7. The second kappa shape index (κ2) is 6.12. The van der Waals surface area contributed by atoms with Gasteiger partial charge in [-0.25, -0.2) is 13.9 Å². The van der Waals surface area contributed by atoms with Gasteiger partial charge < -0.3 is 10.2 Å². The van der Waals surface area contributed by atoms with E-state index in [1.54, 1.807) is 0 Å². The number of nitrogens with zero attached hydrogens (tertiary/aromatic N) is 3. The molecular formula is C13H12FN3O4. The van der Waals surface area contributed by atoms with Crippen LogP contribution >= 0.6 is 0 Å². The molecule has 0 unspecified atom stereocenters. The molecule has 0 spiro atoms. The van der Waals surface area contributed by atoms with Crippen LogP contribution in [0.3, 0.4) is 0 Å². The maximum absolute atomic E-state index is 12.9. The Bertz CT molecular complexity index is 667. The first kappa shape index (κ1) is 14.6. The summed E-state index contributed by atoms with van der Waals surface area (Å²) >= 11 is 0. The Labute approximate surface area is 118 Å². The van der Waals surface area contributed by atoms with Crippen LogP contribution in [0, 0.1) is 5.82 Å². The molecular weight excluding hydrogens is 281 g/mol. The lowest BCUT2D eigenvalue weighted by Gasteiger charge is -2.06. The Morgan fingerprint density at radius 3 is 2.43 bits per heavy atom. The summed E-state index contributed by atoms with van der Waals surface area (Å²) in [6.07, 6.45) is -0.0205. The van der Waals surface area contributed by atoms with Crippen molar-refractivity contribution < 1.29 is 24.2 Å². The third-order valence-corrected chi connectivity index (χ3v) is 2.86. The quantitative estimate of drug-likeness (QED) is 0.828. The highest BCUT2D eigenvalue weighted by Crippen LogP contribution is 2.14. The molecule has 0 saturated carbocycles. The molecule has 0 amide bonds. The van der Waals surface area contributed by atoms with Crippen LogP contribution < -0.4 is 0 Å². The van der Waals surface area contributed by atoms with Crippen molar-refractivity contribution in [2.24, 2.45) is 0 Å². The van der Waals surface area contributed by atoms with E-state index in [1.165, 1.54) is 28.9 Å². The Hall–Kier alpha value is -2.77. The van der Waals surface area contributed by atoms with Gasteiger partial charge in [0.2, 0.25) is 0 Å². The molecule has 110 valence electrons. The fourth-order valence-electron chi connectivity index (χ4n) is 1.85. The van der Waals surface area contributed by atoms with Gasteiger partial charge in [0.05, 0.1) is 18.7 Å². The van der Waals surface area contributed by atoms with E-state index in [2.05, 4.69) is 10.3 Å². The van der Waals surface area contributed by atoms with Crippen LogP contribution in [0.25, 0.3) is 0 Å². The fraction of sp³-hybridized carbons (Fsp3) is 0.231. The first-order chi connectivity index (χ1) is 9.97. The van der Waals surface area contributed by atoms with Gasteiger partial charge in [0, 0.05) is 6.42 Å². The van der Waals surface area contributed by atoms with E-state index < -0.39 is 17.8 Å². The Kier molecular flexibility index (Phi) is 4.27. The van der Waals surface area contributed by atoms with Crippen LogP contribution in [-0.2, 0) is 17.8 Å². The van der Waals surface area contributed by atoms with E-state index in [-0.39, 0.29) is 30.8 Å². The molecule has 0 saturated heterocycles. The van der Waals surface area contributed by atoms with E-state index in [1.807, 2.05) is 0 Å². The predicted molar refractivity (Wildman–Crippen MR) is 68.4 cm³/mol. The molecule has 1 heterocycles. The van der Waals surface area contributed by atoms with Gasteiger partial charge in [0.15, 0.2) is 5.69 Å². The van der Waals surface area contributed by atoms with E-state index in [9.17, 15) is 14.0 Å². The molecule has 0 aliphatic heterocycles. The van der Waals surface area contributed by atoms with Crippen molar-refractivity contribution in [2.45, 2.75) is 19.4 Å². The third kappa shape index (κ3) is 3.62. The highest BCUT2D eigenvalue weighted by Gasteiger charge is 2.19. The molecule has 2 N–H and O–H groups in total. The number of aromatic carboxylic acids is 1. The topological polar surface area (TPSA) is 105 Å². The lowest BCUT2D eigenvalue weighted by atomic mass is 10.1. The fourth-order valence-corrected chi connectivity index (χ4v) is 1.85. The minimum Gasteiger partial charge on any atom is -0.481 e. The van der Waals surface area contributed by atoms with Crippen molar-refractivity contribution in [3.8, 4) is 0 Å². The van der Waals surface area contributed by atoms with E-state index in [4.69, 9.17) is 10.2 Å². The predicted octanol–water partition coefficient (Wildman–Crippen LogP) is 1.18. The molecule has 8 heteroatoms. The molecule has 0 bridgehead atoms. The van der Waals surface area contributed by atoms with Crippen molar-refractivity contribution in [3.05, 3.63) is 47.0 Å².